The van der Waals surface area contributed by atoms with Crippen LogP contribution in [0.3, 0.4) is 0 Å². The molecule has 0 bridgehead atoms. The van der Waals surface area contributed by atoms with E-state index >= 15 is 0 Å². The van der Waals surface area contributed by atoms with Crippen molar-refractivity contribution in [3.63, 3.8) is 0 Å². The van der Waals surface area contributed by atoms with Crippen LogP contribution in [0, 0.1) is 17.2 Å². The molecule has 2 unspecified atom stereocenters. The topological polar surface area (TPSA) is 53.1 Å². The molecule has 2 aliphatic carbocycles. The van der Waals surface area contributed by atoms with Gasteiger partial charge in [0, 0.05) is 18.6 Å². The Kier molecular flexibility index (Phi) is 3.23. The van der Waals surface area contributed by atoms with Crippen molar-refractivity contribution in [2.75, 3.05) is 6.54 Å². The van der Waals surface area contributed by atoms with E-state index in [1.165, 1.54) is 32.2 Å². The molecule has 2 atom stereocenters. The van der Waals surface area contributed by atoms with Gasteiger partial charge in [0.1, 0.15) is 5.54 Å². The van der Waals surface area contributed by atoms with Gasteiger partial charge in [0.15, 0.2) is 0 Å². The highest BCUT2D eigenvalue weighted by molar-refractivity contribution is 5.04. The number of hydrogen-bond acceptors (Lipinski definition) is 3. The molecule has 0 heterocycles. The maximum absolute atomic E-state index is 8.98. The second-order valence-corrected chi connectivity index (χ2v) is 5.95. The minimum absolute atomic E-state index is 0.447. The Morgan fingerprint density at radius 3 is 2.50 bits per heavy atom. The molecule has 0 aromatic rings. The van der Waals surface area contributed by atoms with Crippen LogP contribution in [0.15, 0.2) is 0 Å². The third-order valence-corrected chi connectivity index (χ3v) is 3.72. The van der Waals surface area contributed by atoms with Gasteiger partial charge in [0.05, 0.1) is 6.07 Å². The van der Waals surface area contributed by atoms with Crippen molar-refractivity contribution in [3.05, 3.63) is 0 Å². The fourth-order valence-electron chi connectivity index (χ4n) is 2.47. The predicted octanol–water partition coefficient (Wildman–Crippen LogP) is 1.88. The summed E-state index contributed by atoms with van der Waals surface area (Å²) in [4.78, 5) is 2.60. The van der Waals surface area contributed by atoms with Crippen molar-refractivity contribution in [2.45, 2.75) is 63.6 Å². The van der Waals surface area contributed by atoms with Gasteiger partial charge in [0.2, 0.25) is 0 Å². The molecule has 0 radical (unpaired) electrons. The van der Waals surface area contributed by atoms with Crippen molar-refractivity contribution in [1.29, 1.82) is 5.26 Å². The van der Waals surface area contributed by atoms with Crippen molar-refractivity contribution in [3.8, 4) is 6.07 Å². The molecular weight excluding hydrogens is 198 g/mol. The van der Waals surface area contributed by atoms with Crippen molar-refractivity contribution >= 4 is 0 Å². The van der Waals surface area contributed by atoms with E-state index in [2.05, 4.69) is 17.9 Å². The van der Waals surface area contributed by atoms with Crippen LogP contribution < -0.4 is 5.73 Å². The number of nitrogens with zero attached hydrogens (tertiary/aromatic N) is 2. The second kappa shape index (κ2) is 4.35. The molecule has 0 amide bonds. The number of hydrogen-bond donors (Lipinski definition) is 1. The highest BCUT2D eigenvalue weighted by Gasteiger charge is 2.37. The van der Waals surface area contributed by atoms with E-state index in [0.717, 1.165) is 18.4 Å². The Bertz CT molecular complexity index is 284. The smallest absolute Gasteiger partial charge is 0.102 e. The van der Waals surface area contributed by atoms with E-state index in [4.69, 9.17) is 11.0 Å². The molecule has 0 aromatic carbocycles. The van der Waals surface area contributed by atoms with Crippen LogP contribution in [-0.2, 0) is 0 Å². The maximum Gasteiger partial charge on any atom is 0.102 e. The summed E-state index contributed by atoms with van der Waals surface area (Å²) in [7, 11) is 0. The average Bonchev–Trinajstić information content (AvgIpc) is 3.06. The normalized spacial score (nSPS) is 26.2. The lowest BCUT2D eigenvalue weighted by Gasteiger charge is -2.32. The zero-order chi connectivity index (χ0) is 11.8. The highest BCUT2D eigenvalue weighted by Crippen LogP contribution is 2.36. The summed E-state index contributed by atoms with van der Waals surface area (Å²) in [6.07, 6.45) is 6.25. The largest absolute Gasteiger partial charge is 0.314 e. The van der Waals surface area contributed by atoms with Gasteiger partial charge in [-0.2, -0.15) is 5.26 Å². The standard InChI is InChI=1S/C13H23N3/c1-10(7-13(2,15)9-14)16(12-5-6-12)8-11-3-4-11/h10-12H,3-8,15H2,1-2H3. The summed E-state index contributed by atoms with van der Waals surface area (Å²) < 4.78 is 0. The fourth-order valence-corrected chi connectivity index (χ4v) is 2.47. The Morgan fingerprint density at radius 2 is 2.06 bits per heavy atom. The van der Waals surface area contributed by atoms with Gasteiger partial charge in [-0.3, -0.25) is 4.90 Å². The molecule has 3 heteroatoms. The molecule has 2 saturated carbocycles. The SMILES string of the molecule is CC(CC(C)(N)C#N)N(CC1CC1)C1CC1. The van der Waals surface area contributed by atoms with Gasteiger partial charge in [0.25, 0.3) is 0 Å². The molecule has 2 aliphatic rings. The van der Waals surface area contributed by atoms with E-state index < -0.39 is 5.54 Å². The minimum atomic E-state index is -0.671. The molecule has 3 nitrogen and oxygen atoms in total. The first-order valence-electron chi connectivity index (χ1n) is 6.48. The molecule has 0 aromatic heterocycles. The second-order valence-electron chi connectivity index (χ2n) is 5.95. The van der Waals surface area contributed by atoms with Crippen molar-refractivity contribution < 1.29 is 0 Å². The Hall–Kier alpha value is -0.590. The Balaban J connectivity index is 1.88. The average molecular weight is 221 g/mol. The van der Waals surface area contributed by atoms with Gasteiger partial charge in [-0.05, 0) is 51.9 Å². The summed E-state index contributed by atoms with van der Waals surface area (Å²) in [5.74, 6) is 0.925. The summed E-state index contributed by atoms with van der Waals surface area (Å²) in [6, 6.07) is 3.44. The molecule has 0 aliphatic heterocycles. The van der Waals surface area contributed by atoms with Gasteiger partial charge in [-0.1, -0.05) is 0 Å². The van der Waals surface area contributed by atoms with Crippen LogP contribution in [-0.4, -0.2) is 29.1 Å². The quantitative estimate of drug-likeness (QED) is 0.745. The van der Waals surface area contributed by atoms with Crippen LogP contribution in [0.25, 0.3) is 0 Å². The molecule has 2 N–H and O–H groups in total. The van der Waals surface area contributed by atoms with Gasteiger partial charge >= 0.3 is 0 Å². The molecule has 0 spiro atoms. The fraction of sp³-hybridized carbons (Fsp3) is 0.923. The molecule has 2 rings (SSSR count). The summed E-state index contributed by atoms with van der Waals surface area (Å²) in [5.41, 5.74) is 5.26. The van der Waals surface area contributed by atoms with E-state index in [1.54, 1.807) is 0 Å². The Morgan fingerprint density at radius 1 is 1.44 bits per heavy atom. The van der Waals surface area contributed by atoms with E-state index in [-0.39, 0.29) is 0 Å². The van der Waals surface area contributed by atoms with Gasteiger partial charge in [-0.15, -0.1) is 0 Å². The molecule has 90 valence electrons. The number of nitrogens with two attached hydrogens (primary N) is 1. The third kappa shape index (κ3) is 3.20. The monoisotopic (exact) mass is 221 g/mol. The van der Waals surface area contributed by atoms with Gasteiger partial charge < -0.3 is 5.73 Å². The molecule has 0 saturated heterocycles. The van der Waals surface area contributed by atoms with Crippen LogP contribution in [0.1, 0.15) is 46.0 Å². The van der Waals surface area contributed by atoms with Crippen LogP contribution in [0.2, 0.25) is 0 Å². The molecule has 16 heavy (non-hydrogen) atoms. The van der Waals surface area contributed by atoms with Crippen LogP contribution in [0.5, 0.6) is 0 Å². The molecular formula is C13H23N3. The van der Waals surface area contributed by atoms with Gasteiger partial charge in [-0.25, -0.2) is 0 Å². The minimum Gasteiger partial charge on any atom is -0.314 e. The van der Waals surface area contributed by atoms with Crippen LogP contribution >= 0.6 is 0 Å². The number of rotatable bonds is 6. The van der Waals surface area contributed by atoms with Crippen molar-refractivity contribution in [1.82, 2.24) is 4.90 Å². The number of nitriles is 1. The van der Waals surface area contributed by atoms with Crippen molar-refractivity contribution in [2.24, 2.45) is 11.7 Å². The summed E-state index contributed by atoms with van der Waals surface area (Å²) >= 11 is 0. The lowest BCUT2D eigenvalue weighted by molar-refractivity contribution is 0.168. The summed E-state index contributed by atoms with van der Waals surface area (Å²) in [5, 5.41) is 8.98. The lowest BCUT2D eigenvalue weighted by atomic mass is 9.95. The first kappa shape index (κ1) is 11.9. The predicted molar refractivity (Wildman–Crippen MR) is 64.7 cm³/mol. The lowest BCUT2D eigenvalue weighted by Crippen LogP contribution is -2.45. The van der Waals surface area contributed by atoms with E-state index in [0.29, 0.717) is 6.04 Å². The maximum atomic E-state index is 8.98. The van der Waals surface area contributed by atoms with E-state index in [1.807, 2.05) is 6.92 Å². The zero-order valence-electron chi connectivity index (χ0n) is 10.4. The van der Waals surface area contributed by atoms with Crippen LogP contribution in [0.4, 0.5) is 0 Å². The van der Waals surface area contributed by atoms with E-state index in [9.17, 15) is 0 Å². The third-order valence-electron chi connectivity index (χ3n) is 3.72. The summed E-state index contributed by atoms with van der Waals surface area (Å²) in [6.45, 7) is 5.29. The molecule has 2 fully saturated rings. The first-order chi connectivity index (χ1) is 7.52. The first-order valence-corrected chi connectivity index (χ1v) is 6.48. The zero-order valence-corrected chi connectivity index (χ0v) is 10.4. The highest BCUT2D eigenvalue weighted by atomic mass is 15.2. The Labute approximate surface area is 98.6 Å².